The third-order valence-corrected chi connectivity index (χ3v) is 3.82. The van der Waals surface area contributed by atoms with E-state index in [0.717, 1.165) is 31.5 Å². The van der Waals surface area contributed by atoms with Crippen LogP contribution in [0.2, 0.25) is 0 Å². The van der Waals surface area contributed by atoms with Gasteiger partial charge in [0.05, 0.1) is 12.8 Å². The maximum Gasteiger partial charge on any atom is 0.287 e. The number of guanidine groups is 1. The first kappa shape index (κ1) is 19.8. The lowest BCUT2D eigenvalue weighted by Crippen LogP contribution is -2.45. The minimum Gasteiger partial charge on any atom is -0.459 e. The Balaban J connectivity index is 0.00000264. The van der Waals surface area contributed by atoms with E-state index in [1.807, 2.05) is 0 Å². The normalized spacial score (nSPS) is 15.9. The summed E-state index contributed by atoms with van der Waals surface area (Å²) in [5.41, 5.74) is 0. The average molecular weight is 434 g/mol. The van der Waals surface area contributed by atoms with E-state index in [9.17, 15) is 4.79 Å². The molecule has 0 atom stereocenters. The van der Waals surface area contributed by atoms with E-state index >= 15 is 0 Å². The van der Waals surface area contributed by atoms with Gasteiger partial charge in [-0.1, -0.05) is 6.92 Å². The van der Waals surface area contributed by atoms with Gasteiger partial charge in [0.1, 0.15) is 0 Å². The SMILES string of the molecule is CCNC(=NCCNC(=O)c1ccco1)N1CCC(C)CC1.I. The number of hydrogen-bond donors (Lipinski definition) is 2. The Morgan fingerprint density at radius 3 is 2.74 bits per heavy atom. The van der Waals surface area contributed by atoms with Crippen molar-refractivity contribution in [3.63, 3.8) is 0 Å². The largest absolute Gasteiger partial charge is 0.459 e. The van der Waals surface area contributed by atoms with Crippen LogP contribution < -0.4 is 10.6 Å². The van der Waals surface area contributed by atoms with Gasteiger partial charge in [0.15, 0.2) is 11.7 Å². The number of nitrogens with one attached hydrogen (secondary N) is 2. The van der Waals surface area contributed by atoms with Crippen molar-refractivity contribution in [2.24, 2.45) is 10.9 Å². The van der Waals surface area contributed by atoms with E-state index in [1.165, 1.54) is 19.1 Å². The number of aliphatic imine (C=N–C) groups is 1. The fourth-order valence-corrected chi connectivity index (χ4v) is 2.47. The fraction of sp³-hybridized carbons (Fsp3) is 0.625. The molecule has 130 valence electrons. The van der Waals surface area contributed by atoms with Gasteiger partial charge in [0.25, 0.3) is 5.91 Å². The zero-order valence-corrected chi connectivity index (χ0v) is 16.2. The van der Waals surface area contributed by atoms with Gasteiger partial charge >= 0.3 is 0 Å². The molecule has 1 aliphatic heterocycles. The number of furan rings is 1. The molecule has 0 unspecified atom stereocenters. The Hall–Kier alpha value is -1.25. The molecule has 23 heavy (non-hydrogen) atoms. The van der Waals surface area contributed by atoms with Crippen molar-refractivity contribution < 1.29 is 9.21 Å². The van der Waals surface area contributed by atoms with E-state index in [0.29, 0.717) is 18.8 Å². The molecule has 1 aromatic heterocycles. The summed E-state index contributed by atoms with van der Waals surface area (Å²) in [6.07, 6.45) is 3.91. The van der Waals surface area contributed by atoms with Crippen LogP contribution in [0.1, 0.15) is 37.2 Å². The number of rotatable bonds is 5. The second kappa shape index (κ2) is 10.5. The van der Waals surface area contributed by atoms with Crippen molar-refractivity contribution in [1.29, 1.82) is 0 Å². The van der Waals surface area contributed by atoms with Crippen LogP contribution in [0.4, 0.5) is 0 Å². The summed E-state index contributed by atoms with van der Waals surface area (Å²) in [6, 6.07) is 3.35. The standard InChI is InChI=1S/C16H26N4O2.HI/c1-3-17-16(20-10-6-13(2)7-11-20)19-9-8-18-15(21)14-5-4-12-22-14;/h4-5,12-13H,3,6-11H2,1-2H3,(H,17,19)(H,18,21);1H. The van der Waals surface area contributed by atoms with Gasteiger partial charge in [-0.05, 0) is 37.8 Å². The molecule has 1 aromatic rings. The predicted octanol–water partition coefficient (Wildman–Crippen LogP) is 2.32. The van der Waals surface area contributed by atoms with Gasteiger partial charge in [0.2, 0.25) is 0 Å². The van der Waals surface area contributed by atoms with Crippen LogP contribution in [0.5, 0.6) is 0 Å². The second-order valence-electron chi connectivity index (χ2n) is 5.64. The van der Waals surface area contributed by atoms with E-state index < -0.39 is 0 Å². The molecule has 0 aliphatic carbocycles. The molecule has 2 rings (SSSR count). The van der Waals surface area contributed by atoms with E-state index in [2.05, 4.69) is 34.4 Å². The van der Waals surface area contributed by atoms with Crippen LogP contribution in [0, 0.1) is 5.92 Å². The highest BCUT2D eigenvalue weighted by molar-refractivity contribution is 14.0. The second-order valence-corrected chi connectivity index (χ2v) is 5.64. The number of amides is 1. The molecule has 1 aliphatic rings. The molecule has 2 heterocycles. The minimum absolute atomic E-state index is 0. The molecule has 0 bridgehead atoms. The highest BCUT2D eigenvalue weighted by atomic mass is 127. The van der Waals surface area contributed by atoms with Crippen LogP contribution in [0.3, 0.4) is 0 Å². The molecule has 2 N–H and O–H groups in total. The average Bonchev–Trinajstić information content (AvgIpc) is 3.05. The van der Waals surface area contributed by atoms with Crippen LogP contribution in [-0.4, -0.2) is 49.5 Å². The summed E-state index contributed by atoms with van der Waals surface area (Å²) >= 11 is 0. The van der Waals surface area contributed by atoms with Gasteiger partial charge in [-0.15, -0.1) is 24.0 Å². The molecular weight excluding hydrogens is 407 g/mol. The maximum atomic E-state index is 11.7. The summed E-state index contributed by atoms with van der Waals surface area (Å²) < 4.78 is 5.05. The van der Waals surface area contributed by atoms with Crippen LogP contribution in [-0.2, 0) is 0 Å². The summed E-state index contributed by atoms with van der Waals surface area (Å²) in [6.45, 7) is 8.37. The number of hydrogen-bond acceptors (Lipinski definition) is 3. The highest BCUT2D eigenvalue weighted by Crippen LogP contribution is 2.15. The fourth-order valence-electron chi connectivity index (χ4n) is 2.47. The zero-order valence-electron chi connectivity index (χ0n) is 13.9. The van der Waals surface area contributed by atoms with Crippen LogP contribution >= 0.6 is 24.0 Å². The van der Waals surface area contributed by atoms with E-state index in [-0.39, 0.29) is 29.9 Å². The number of likely N-dealkylation sites (tertiary alicyclic amines) is 1. The third-order valence-electron chi connectivity index (χ3n) is 3.82. The molecule has 0 aromatic carbocycles. The Morgan fingerprint density at radius 2 is 2.13 bits per heavy atom. The topological polar surface area (TPSA) is 69.9 Å². The molecule has 1 fully saturated rings. The quantitative estimate of drug-likeness (QED) is 0.323. The molecule has 1 saturated heterocycles. The van der Waals surface area contributed by atoms with Crippen molar-refractivity contribution in [2.75, 3.05) is 32.7 Å². The Labute approximate surface area is 155 Å². The number of halogens is 1. The van der Waals surface area contributed by atoms with Gasteiger partial charge in [-0.2, -0.15) is 0 Å². The third kappa shape index (κ3) is 6.40. The van der Waals surface area contributed by atoms with Crippen LogP contribution in [0.15, 0.2) is 27.8 Å². The zero-order chi connectivity index (χ0) is 15.8. The molecule has 0 saturated carbocycles. The number of nitrogens with zero attached hydrogens (tertiary/aromatic N) is 2. The Bertz CT molecular complexity index is 482. The van der Waals surface area contributed by atoms with E-state index in [4.69, 9.17) is 4.42 Å². The first-order valence-electron chi connectivity index (χ1n) is 8.05. The Kier molecular flexibility index (Phi) is 9.05. The molecule has 7 heteroatoms. The van der Waals surface area contributed by atoms with E-state index in [1.54, 1.807) is 12.1 Å². The number of piperidine rings is 1. The Morgan fingerprint density at radius 1 is 1.39 bits per heavy atom. The molecule has 0 radical (unpaired) electrons. The lowest BCUT2D eigenvalue weighted by molar-refractivity contribution is 0.0927. The van der Waals surface area contributed by atoms with Crippen LogP contribution in [0.25, 0.3) is 0 Å². The van der Waals surface area contributed by atoms with Crippen molar-refractivity contribution in [3.8, 4) is 0 Å². The minimum atomic E-state index is -0.197. The molecule has 6 nitrogen and oxygen atoms in total. The summed E-state index contributed by atoms with van der Waals surface area (Å²) in [5.74, 6) is 1.88. The van der Waals surface area contributed by atoms with Gasteiger partial charge in [-0.3, -0.25) is 9.79 Å². The number of carbonyl (C=O) groups is 1. The molecule has 0 spiro atoms. The van der Waals surface area contributed by atoms with Gasteiger partial charge in [-0.25, -0.2) is 0 Å². The maximum absolute atomic E-state index is 11.7. The van der Waals surface area contributed by atoms with Gasteiger partial charge < -0.3 is 20.0 Å². The van der Waals surface area contributed by atoms with Crippen molar-refractivity contribution >= 4 is 35.8 Å². The number of carbonyl (C=O) groups excluding carboxylic acids is 1. The summed E-state index contributed by atoms with van der Waals surface area (Å²) in [4.78, 5) is 18.6. The first-order valence-corrected chi connectivity index (χ1v) is 8.05. The summed E-state index contributed by atoms with van der Waals surface area (Å²) in [7, 11) is 0. The lowest BCUT2D eigenvalue weighted by atomic mass is 10.00. The lowest BCUT2D eigenvalue weighted by Gasteiger charge is -2.33. The monoisotopic (exact) mass is 434 g/mol. The predicted molar refractivity (Wildman–Crippen MR) is 102 cm³/mol. The molecule has 1 amide bonds. The van der Waals surface area contributed by atoms with Crippen molar-refractivity contribution in [3.05, 3.63) is 24.2 Å². The smallest absolute Gasteiger partial charge is 0.287 e. The summed E-state index contributed by atoms with van der Waals surface area (Å²) in [5, 5.41) is 6.13. The van der Waals surface area contributed by atoms with Gasteiger partial charge in [0, 0.05) is 26.2 Å². The van der Waals surface area contributed by atoms with Crippen molar-refractivity contribution in [1.82, 2.24) is 15.5 Å². The molecular formula is C16H27IN4O2. The highest BCUT2D eigenvalue weighted by Gasteiger charge is 2.18. The first-order chi connectivity index (χ1) is 10.7. The van der Waals surface area contributed by atoms with Crippen molar-refractivity contribution in [2.45, 2.75) is 26.7 Å².